The van der Waals surface area contributed by atoms with Crippen molar-refractivity contribution in [1.82, 2.24) is 9.55 Å². The van der Waals surface area contributed by atoms with E-state index in [1.165, 1.54) is 18.4 Å². The van der Waals surface area contributed by atoms with Gasteiger partial charge in [0.05, 0.1) is 12.6 Å². The van der Waals surface area contributed by atoms with E-state index in [4.69, 9.17) is 4.74 Å². The van der Waals surface area contributed by atoms with Gasteiger partial charge in [-0.25, -0.2) is 4.98 Å². The van der Waals surface area contributed by atoms with Crippen molar-refractivity contribution in [3.63, 3.8) is 0 Å². The largest absolute Gasteiger partial charge is 0.383 e. The summed E-state index contributed by atoms with van der Waals surface area (Å²) in [7, 11) is 1.72. The Balaban J connectivity index is 2.03. The van der Waals surface area contributed by atoms with Crippen LogP contribution in [0.4, 0.5) is 11.6 Å². The van der Waals surface area contributed by atoms with Crippen LogP contribution >= 0.6 is 0 Å². The predicted molar refractivity (Wildman–Crippen MR) is 87.2 cm³/mol. The van der Waals surface area contributed by atoms with Crippen LogP contribution in [0.2, 0.25) is 0 Å². The molecular weight excluding hydrogens is 262 g/mol. The molecule has 2 aromatic rings. The minimum Gasteiger partial charge on any atom is -0.383 e. The summed E-state index contributed by atoms with van der Waals surface area (Å²) in [5.74, 6) is 0.848. The molecule has 0 fully saturated rings. The fourth-order valence-corrected chi connectivity index (χ4v) is 2.35. The lowest BCUT2D eigenvalue weighted by Crippen LogP contribution is -2.12. The van der Waals surface area contributed by atoms with Gasteiger partial charge in [-0.05, 0) is 37.5 Å². The summed E-state index contributed by atoms with van der Waals surface area (Å²) >= 11 is 0. The molecule has 1 aromatic carbocycles. The quantitative estimate of drug-likeness (QED) is 0.791. The molecule has 114 valence electrons. The Hall–Kier alpha value is -1.81. The number of unbranched alkanes of at least 4 members (excludes halogenated alkanes) is 1. The van der Waals surface area contributed by atoms with Gasteiger partial charge in [0.2, 0.25) is 5.95 Å². The highest BCUT2D eigenvalue weighted by atomic mass is 16.5. The number of aryl methyl sites for hydroxylation is 1. The zero-order valence-electron chi connectivity index (χ0n) is 13.2. The van der Waals surface area contributed by atoms with Gasteiger partial charge < -0.3 is 14.6 Å². The predicted octanol–water partition coefficient (Wildman–Crippen LogP) is 4.18. The highest BCUT2D eigenvalue weighted by Gasteiger charge is 2.09. The van der Waals surface area contributed by atoms with Gasteiger partial charge in [0.15, 0.2) is 0 Å². The number of rotatable bonds is 8. The van der Waals surface area contributed by atoms with Gasteiger partial charge in [0.1, 0.15) is 0 Å². The van der Waals surface area contributed by atoms with Gasteiger partial charge in [0.25, 0.3) is 0 Å². The number of hydrogen-bond acceptors (Lipinski definition) is 3. The Morgan fingerprint density at radius 3 is 2.71 bits per heavy atom. The molecule has 0 saturated carbocycles. The molecule has 4 heteroatoms. The summed E-state index contributed by atoms with van der Waals surface area (Å²) in [5.41, 5.74) is 2.45. The van der Waals surface area contributed by atoms with Gasteiger partial charge in [-0.1, -0.05) is 25.5 Å². The number of ether oxygens (including phenoxy) is 1. The molecule has 0 aliphatic heterocycles. The molecule has 1 N–H and O–H groups in total. The fraction of sp³-hybridized carbons (Fsp3) is 0.471. The molecule has 0 aliphatic carbocycles. The first-order chi connectivity index (χ1) is 10.2. The maximum absolute atomic E-state index is 5.21. The molecule has 1 aromatic heterocycles. The van der Waals surface area contributed by atoms with Crippen molar-refractivity contribution >= 4 is 11.6 Å². The third kappa shape index (κ3) is 4.33. The zero-order valence-corrected chi connectivity index (χ0v) is 13.2. The standard InChI is InChI=1S/C17H25N3O/c1-4-5-6-15-7-9-16(10-8-15)19-17-18-11-12-20(17)14(2)13-21-3/h7-12,14H,4-6,13H2,1-3H3,(H,18,19). The van der Waals surface area contributed by atoms with Crippen LogP contribution in [0.25, 0.3) is 0 Å². The first kappa shape index (κ1) is 15.6. The van der Waals surface area contributed by atoms with Crippen molar-refractivity contribution in [3.8, 4) is 0 Å². The van der Waals surface area contributed by atoms with Crippen LogP contribution in [0, 0.1) is 0 Å². The SMILES string of the molecule is CCCCc1ccc(Nc2nccn2C(C)COC)cc1. The van der Waals surface area contributed by atoms with Crippen molar-refractivity contribution in [3.05, 3.63) is 42.2 Å². The van der Waals surface area contributed by atoms with Crippen LogP contribution < -0.4 is 5.32 Å². The summed E-state index contributed by atoms with van der Waals surface area (Å²) in [4.78, 5) is 4.38. The van der Waals surface area contributed by atoms with Crippen LogP contribution in [-0.2, 0) is 11.2 Å². The molecule has 0 aliphatic rings. The number of anilines is 2. The van der Waals surface area contributed by atoms with Crippen LogP contribution in [0.1, 0.15) is 38.3 Å². The summed E-state index contributed by atoms with van der Waals surface area (Å²) in [6.07, 6.45) is 7.41. The third-order valence-electron chi connectivity index (χ3n) is 3.58. The lowest BCUT2D eigenvalue weighted by atomic mass is 10.1. The Labute approximate surface area is 127 Å². The van der Waals surface area contributed by atoms with Gasteiger partial charge in [-0.2, -0.15) is 0 Å². The van der Waals surface area contributed by atoms with Crippen LogP contribution in [-0.4, -0.2) is 23.3 Å². The molecule has 0 radical (unpaired) electrons. The maximum Gasteiger partial charge on any atom is 0.207 e. The third-order valence-corrected chi connectivity index (χ3v) is 3.58. The van der Waals surface area contributed by atoms with E-state index in [0.29, 0.717) is 6.61 Å². The second-order valence-corrected chi connectivity index (χ2v) is 5.39. The van der Waals surface area contributed by atoms with E-state index in [1.807, 2.05) is 12.4 Å². The number of aromatic nitrogens is 2. The number of nitrogens with zero attached hydrogens (tertiary/aromatic N) is 2. The maximum atomic E-state index is 5.21. The molecule has 0 bridgehead atoms. The normalized spacial score (nSPS) is 12.3. The number of hydrogen-bond donors (Lipinski definition) is 1. The second-order valence-electron chi connectivity index (χ2n) is 5.39. The lowest BCUT2D eigenvalue weighted by molar-refractivity contribution is 0.163. The minimum absolute atomic E-state index is 0.254. The summed E-state index contributed by atoms with van der Waals surface area (Å²) in [5, 5.41) is 3.37. The smallest absolute Gasteiger partial charge is 0.207 e. The Morgan fingerprint density at radius 2 is 2.05 bits per heavy atom. The van der Waals surface area contributed by atoms with Crippen molar-refractivity contribution in [1.29, 1.82) is 0 Å². The summed E-state index contributed by atoms with van der Waals surface area (Å²) < 4.78 is 7.30. The molecule has 0 spiro atoms. The van der Waals surface area contributed by atoms with Crippen molar-refractivity contribution < 1.29 is 4.74 Å². The molecule has 1 heterocycles. The monoisotopic (exact) mass is 287 g/mol. The van der Waals surface area contributed by atoms with Crippen molar-refractivity contribution in [2.24, 2.45) is 0 Å². The number of imidazole rings is 1. The Kier molecular flexibility index (Phi) is 5.81. The van der Waals surface area contributed by atoms with E-state index in [2.05, 4.69) is 53.0 Å². The Morgan fingerprint density at radius 1 is 1.29 bits per heavy atom. The highest BCUT2D eigenvalue weighted by Crippen LogP contribution is 2.19. The van der Waals surface area contributed by atoms with Gasteiger partial charge >= 0.3 is 0 Å². The van der Waals surface area contributed by atoms with Gasteiger partial charge in [-0.3, -0.25) is 0 Å². The van der Waals surface area contributed by atoms with E-state index in [-0.39, 0.29) is 6.04 Å². The van der Waals surface area contributed by atoms with Crippen LogP contribution in [0.5, 0.6) is 0 Å². The van der Waals surface area contributed by atoms with Gasteiger partial charge in [0, 0.05) is 25.2 Å². The average molecular weight is 287 g/mol. The molecule has 0 saturated heterocycles. The fourth-order valence-electron chi connectivity index (χ4n) is 2.35. The molecular formula is C17H25N3O. The number of nitrogens with one attached hydrogen (secondary N) is 1. The molecule has 1 unspecified atom stereocenters. The molecule has 0 amide bonds. The Bertz CT molecular complexity index is 533. The lowest BCUT2D eigenvalue weighted by Gasteiger charge is -2.16. The molecule has 21 heavy (non-hydrogen) atoms. The minimum atomic E-state index is 0.254. The van der Waals surface area contributed by atoms with E-state index in [1.54, 1.807) is 7.11 Å². The van der Waals surface area contributed by atoms with E-state index in [0.717, 1.165) is 18.1 Å². The number of methoxy groups -OCH3 is 1. The van der Waals surface area contributed by atoms with Crippen molar-refractivity contribution in [2.45, 2.75) is 39.2 Å². The second kappa shape index (κ2) is 7.84. The highest BCUT2D eigenvalue weighted by molar-refractivity contribution is 5.54. The van der Waals surface area contributed by atoms with Crippen LogP contribution in [0.15, 0.2) is 36.7 Å². The number of benzene rings is 1. The summed E-state index contributed by atoms with van der Waals surface area (Å²) in [6, 6.07) is 8.85. The van der Waals surface area contributed by atoms with E-state index < -0.39 is 0 Å². The van der Waals surface area contributed by atoms with E-state index >= 15 is 0 Å². The first-order valence-electron chi connectivity index (χ1n) is 7.62. The van der Waals surface area contributed by atoms with Gasteiger partial charge in [-0.15, -0.1) is 0 Å². The molecule has 4 nitrogen and oxygen atoms in total. The van der Waals surface area contributed by atoms with Crippen LogP contribution in [0.3, 0.4) is 0 Å². The first-order valence-corrected chi connectivity index (χ1v) is 7.62. The van der Waals surface area contributed by atoms with E-state index in [9.17, 15) is 0 Å². The molecule has 2 rings (SSSR count). The summed E-state index contributed by atoms with van der Waals surface area (Å²) in [6.45, 7) is 5.00. The zero-order chi connectivity index (χ0) is 15.1. The molecule has 1 atom stereocenters. The average Bonchev–Trinajstić information content (AvgIpc) is 2.95. The topological polar surface area (TPSA) is 39.1 Å². The van der Waals surface area contributed by atoms with Crippen molar-refractivity contribution in [2.75, 3.05) is 19.0 Å².